The average Bonchev–Trinajstić information content (AvgIpc) is 2.67. The van der Waals surface area contributed by atoms with Crippen LogP contribution in [0.3, 0.4) is 0 Å². The van der Waals surface area contributed by atoms with E-state index < -0.39 is 0 Å². The number of nitrogens with zero attached hydrogens (tertiary/aromatic N) is 1. The standard InChI is InChI=1S/C20H29N3.C3H8/c1-5-10-16(6-2)15(3)19-18(21-4)13-14-22-20(19)23-17-11-8-7-9-12-17;1-3-2/h5-6,10,13-14,16-17H,2-3,7-9,11-12H2,1,4H3,(H2,21,22,23);3H2,1-2H3/b10-5-;. The van der Waals surface area contributed by atoms with Gasteiger partial charge >= 0.3 is 0 Å². The van der Waals surface area contributed by atoms with Crippen LogP contribution < -0.4 is 10.6 Å². The van der Waals surface area contributed by atoms with Crippen molar-refractivity contribution >= 4 is 17.1 Å². The van der Waals surface area contributed by atoms with Gasteiger partial charge in [0.2, 0.25) is 0 Å². The molecule has 1 aromatic rings. The monoisotopic (exact) mass is 355 g/mol. The topological polar surface area (TPSA) is 37.0 Å². The van der Waals surface area contributed by atoms with E-state index in [1.165, 1.54) is 38.5 Å². The van der Waals surface area contributed by atoms with E-state index in [0.29, 0.717) is 6.04 Å². The van der Waals surface area contributed by atoms with Gasteiger partial charge in [0.1, 0.15) is 5.82 Å². The molecule has 2 N–H and O–H groups in total. The van der Waals surface area contributed by atoms with Crippen molar-refractivity contribution in [1.82, 2.24) is 4.98 Å². The Labute approximate surface area is 160 Å². The first-order valence-corrected chi connectivity index (χ1v) is 10.0. The molecule has 0 radical (unpaired) electrons. The van der Waals surface area contributed by atoms with E-state index in [9.17, 15) is 0 Å². The summed E-state index contributed by atoms with van der Waals surface area (Å²) in [6, 6.07) is 2.52. The zero-order valence-corrected chi connectivity index (χ0v) is 17.1. The highest BCUT2D eigenvalue weighted by Crippen LogP contribution is 2.35. The lowest BCUT2D eigenvalue weighted by Gasteiger charge is -2.26. The zero-order chi connectivity index (χ0) is 19.4. The summed E-state index contributed by atoms with van der Waals surface area (Å²) < 4.78 is 0. The van der Waals surface area contributed by atoms with Crippen molar-refractivity contribution in [2.24, 2.45) is 5.92 Å². The Morgan fingerprint density at radius 1 is 1.31 bits per heavy atom. The van der Waals surface area contributed by atoms with Crippen LogP contribution in [0.1, 0.15) is 64.9 Å². The van der Waals surface area contributed by atoms with Crippen LogP contribution in [-0.4, -0.2) is 18.1 Å². The largest absolute Gasteiger partial charge is 0.387 e. The molecule has 1 saturated carbocycles. The fraction of sp³-hybridized carbons (Fsp3) is 0.522. The second-order valence-corrected chi connectivity index (χ2v) is 6.83. The number of nitrogens with one attached hydrogen (secondary N) is 2. The Morgan fingerprint density at radius 3 is 2.50 bits per heavy atom. The van der Waals surface area contributed by atoms with Crippen LogP contribution >= 0.6 is 0 Å². The van der Waals surface area contributed by atoms with Gasteiger partial charge in [-0.1, -0.05) is 64.3 Å². The third-order valence-electron chi connectivity index (χ3n) is 4.54. The van der Waals surface area contributed by atoms with Gasteiger partial charge in [0, 0.05) is 36.5 Å². The fourth-order valence-electron chi connectivity index (χ4n) is 3.26. The summed E-state index contributed by atoms with van der Waals surface area (Å²) in [6.45, 7) is 14.6. The molecule has 0 saturated heterocycles. The Kier molecular flexibility index (Phi) is 10.5. The van der Waals surface area contributed by atoms with E-state index in [2.05, 4.69) is 48.7 Å². The van der Waals surface area contributed by atoms with E-state index in [0.717, 1.165) is 22.6 Å². The fourth-order valence-corrected chi connectivity index (χ4v) is 3.26. The Bertz CT molecular complexity index is 583. The molecule has 0 spiro atoms. The van der Waals surface area contributed by atoms with Gasteiger partial charge in [0.15, 0.2) is 0 Å². The maximum Gasteiger partial charge on any atom is 0.135 e. The molecule has 0 aliphatic heterocycles. The summed E-state index contributed by atoms with van der Waals surface area (Å²) in [5.41, 5.74) is 3.15. The molecule has 1 unspecified atom stereocenters. The molecule has 0 aromatic carbocycles. The molecule has 1 atom stereocenters. The van der Waals surface area contributed by atoms with E-state index in [1.807, 2.05) is 38.4 Å². The lowest BCUT2D eigenvalue weighted by atomic mass is 9.91. The second kappa shape index (κ2) is 12.3. The molecular weight excluding hydrogens is 318 g/mol. The predicted octanol–water partition coefficient (Wildman–Crippen LogP) is 6.68. The van der Waals surface area contributed by atoms with E-state index in [1.54, 1.807) is 0 Å². The van der Waals surface area contributed by atoms with Gasteiger partial charge in [-0.15, -0.1) is 6.58 Å². The van der Waals surface area contributed by atoms with Crippen LogP contribution in [0.15, 0.2) is 43.6 Å². The molecule has 0 bridgehead atoms. The number of anilines is 2. The number of pyridine rings is 1. The first kappa shape index (κ1) is 22.0. The summed E-state index contributed by atoms with van der Waals surface area (Å²) >= 11 is 0. The minimum atomic E-state index is 0.114. The van der Waals surface area contributed by atoms with E-state index in [4.69, 9.17) is 0 Å². The van der Waals surface area contributed by atoms with Crippen molar-refractivity contribution in [1.29, 1.82) is 0 Å². The van der Waals surface area contributed by atoms with Crippen molar-refractivity contribution in [3.8, 4) is 0 Å². The quantitative estimate of drug-likeness (QED) is 0.536. The van der Waals surface area contributed by atoms with Crippen LogP contribution in [0.25, 0.3) is 5.57 Å². The molecule has 1 aromatic heterocycles. The molecule has 1 aliphatic carbocycles. The van der Waals surface area contributed by atoms with Crippen LogP contribution in [0.4, 0.5) is 11.5 Å². The average molecular weight is 356 g/mol. The van der Waals surface area contributed by atoms with Gasteiger partial charge in [-0.3, -0.25) is 0 Å². The number of rotatable bonds is 7. The minimum Gasteiger partial charge on any atom is -0.387 e. The highest BCUT2D eigenvalue weighted by molar-refractivity contribution is 5.84. The molecule has 0 amide bonds. The normalized spacial score (nSPS) is 15.7. The summed E-state index contributed by atoms with van der Waals surface area (Å²) in [5, 5.41) is 6.93. The van der Waals surface area contributed by atoms with Gasteiger partial charge in [0.05, 0.1) is 0 Å². The van der Waals surface area contributed by atoms with Crippen molar-refractivity contribution in [2.45, 2.75) is 65.3 Å². The molecule has 1 heterocycles. The van der Waals surface area contributed by atoms with Crippen molar-refractivity contribution in [3.63, 3.8) is 0 Å². The predicted molar refractivity (Wildman–Crippen MR) is 118 cm³/mol. The SMILES string of the molecule is C=CC(/C=C\C)C(=C)c1c(NC)ccnc1NC1CCCCC1.CCC. The van der Waals surface area contributed by atoms with Crippen LogP contribution in [-0.2, 0) is 0 Å². The number of hydrogen-bond donors (Lipinski definition) is 2. The summed E-state index contributed by atoms with van der Waals surface area (Å²) in [5.74, 6) is 1.05. The molecule has 2 rings (SSSR count). The van der Waals surface area contributed by atoms with E-state index >= 15 is 0 Å². The van der Waals surface area contributed by atoms with Crippen LogP contribution in [0, 0.1) is 5.92 Å². The van der Waals surface area contributed by atoms with Crippen LogP contribution in [0.2, 0.25) is 0 Å². The first-order chi connectivity index (χ1) is 12.6. The molecular formula is C23H37N3. The molecule has 3 nitrogen and oxygen atoms in total. The minimum absolute atomic E-state index is 0.114. The maximum absolute atomic E-state index is 4.61. The molecule has 26 heavy (non-hydrogen) atoms. The highest BCUT2D eigenvalue weighted by atomic mass is 15.0. The summed E-state index contributed by atoms with van der Waals surface area (Å²) in [6.07, 6.45) is 15.6. The third-order valence-corrected chi connectivity index (χ3v) is 4.54. The zero-order valence-electron chi connectivity index (χ0n) is 17.1. The number of hydrogen-bond acceptors (Lipinski definition) is 3. The molecule has 1 fully saturated rings. The van der Waals surface area contributed by atoms with Gasteiger partial charge in [0.25, 0.3) is 0 Å². The lowest BCUT2D eigenvalue weighted by Crippen LogP contribution is -2.24. The van der Waals surface area contributed by atoms with Crippen molar-refractivity contribution < 1.29 is 0 Å². The first-order valence-electron chi connectivity index (χ1n) is 10.0. The Hall–Kier alpha value is -2.03. The molecule has 1 aliphatic rings. The Balaban J connectivity index is 0.00000105. The van der Waals surface area contributed by atoms with Crippen molar-refractivity contribution in [2.75, 3.05) is 17.7 Å². The van der Waals surface area contributed by atoms with Gasteiger partial charge in [-0.25, -0.2) is 4.98 Å². The van der Waals surface area contributed by atoms with Gasteiger partial charge in [-0.05, 0) is 31.4 Å². The maximum atomic E-state index is 4.61. The smallest absolute Gasteiger partial charge is 0.135 e. The third kappa shape index (κ3) is 6.36. The van der Waals surface area contributed by atoms with Crippen LogP contribution in [0.5, 0.6) is 0 Å². The lowest BCUT2D eigenvalue weighted by molar-refractivity contribution is 0.462. The summed E-state index contributed by atoms with van der Waals surface area (Å²) in [7, 11) is 1.94. The van der Waals surface area contributed by atoms with Gasteiger partial charge in [-0.2, -0.15) is 0 Å². The van der Waals surface area contributed by atoms with Crippen molar-refractivity contribution in [3.05, 3.63) is 49.2 Å². The summed E-state index contributed by atoms with van der Waals surface area (Å²) in [4.78, 5) is 4.61. The number of aromatic nitrogens is 1. The highest BCUT2D eigenvalue weighted by Gasteiger charge is 2.20. The molecule has 144 valence electrons. The second-order valence-electron chi connectivity index (χ2n) is 6.83. The number of allylic oxidation sites excluding steroid dienone is 4. The van der Waals surface area contributed by atoms with E-state index in [-0.39, 0.29) is 5.92 Å². The molecule has 3 heteroatoms. The van der Waals surface area contributed by atoms with Gasteiger partial charge < -0.3 is 10.6 Å². The Morgan fingerprint density at radius 2 is 1.96 bits per heavy atom.